The number of carbonyl (C=O) groups is 2. The standard InChI is InChI=1S/C19H17N3O4/c23-18(21-22-19(24)17-8-4-10-26-17)13-11-15(16-7-3-9-25-16)20-14-6-2-1-5-12(13)14/h1-3,5-7,9,11,17H,4,8,10H2,(H,21,23)(H,22,24). The molecule has 2 aromatic heterocycles. The number of rotatable bonds is 3. The molecule has 2 amide bonds. The minimum Gasteiger partial charge on any atom is -0.463 e. The molecule has 4 rings (SSSR count). The maximum atomic E-state index is 12.7. The van der Waals surface area contributed by atoms with Crippen LogP contribution >= 0.6 is 0 Å². The van der Waals surface area contributed by atoms with Crippen LogP contribution in [0.2, 0.25) is 0 Å². The Labute approximate surface area is 149 Å². The van der Waals surface area contributed by atoms with E-state index in [1.54, 1.807) is 24.5 Å². The molecule has 0 aliphatic carbocycles. The number of hydrazine groups is 1. The number of para-hydroxylation sites is 1. The van der Waals surface area contributed by atoms with Crippen molar-refractivity contribution in [2.45, 2.75) is 18.9 Å². The van der Waals surface area contributed by atoms with Gasteiger partial charge in [-0.3, -0.25) is 20.4 Å². The Kier molecular flexibility index (Phi) is 4.37. The highest BCUT2D eigenvalue weighted by Crippen LogP contribution is 2.25. The van der Waals surface area contributed by atoms with Crippen molar-refractivity contribution in [3.63, 3.8) is 0 Å². The van der Waals surface area contributed by atoms with Crippen LogP contribution in [0, 0.1) is 0 Å². The number of hydrogen-bond donors (Lipinski definition) is 2. The number of benzene rings is 1. The van der Waals surface area contributed by atoms with Crippen LogP contribution in [0.25, 0.3) is 22.4 Å². The molecule has 1 fully saturated rings. The number of fused-ring (bicyclic) bond motifs is 1. The summed E-state index contributed by atoms with van der Waals surface area (Å²) in [6, 6.07) is 12.5. The van der Waals surface area contributed by atoms with Gasteiger partial charge in [-0.15, -0.1) is 0 Å². The molecule has 0 saturated carbocycles. The van der Waals surface area contributed by atoms with E-state index in [0.29, 0.717) is 40.9 Å². The van der Waals surface area contributed by atoms with Gasteiger partial charge in [-0.05, 0) is 37.1 Å². The van der Waals surface area contributed by atoms with E-state index in [-0.39, 0.29) is 5.91 Å². The van der Waals surface area contributed by atoms with Crippen LogP contribution in [-0.4, -0.2) is 29.5 Å². The quantitative estimate of drug-likeness (QED) is 0.707. The van der Waals surface area contributed by atoms with Crippen LogP contribution in [0.1, 0.15) is 23.2 Å². The van der Waals surface area contributed by atoms with E-state index in [0.717, 1.165) is 6.42 Å². The summed E-state index contributed by atoms with van der Waals surface area (Å²) in [6.07, 6.45) is 2.53. The van der Waals surface area contributed by atoms with E-state index in [1.807, 2.05) is 24.3 Å². The molecule has 132 valence electrons. The first-order valence-corrected chi connectivity index (χ1v) is 8.38. The maximum absolute atomic E-state index is 12.7. The molecule has 7 heteroatoms. The van der Waals surface area contributed by atoms with Crippen LogP contribution in [0.4, 0.5) is 0 Å². The van der Waals surface area contributed by atoms with Crippen LogP contribution in [-0.2, 0) is 9.53 Å². The van der Waals surface area contributed by atoms with Crippen molar-refractivity contribution in [1.82, 2.24) is 15.8 Å². The van der Waals surface area contributed by atoms with Gasteiger partial charge in [0.2, 0.25) is 0 Å². The Morgan fingerprint density at radius 2 is 2.00 bits per heavy atom. The number of ether oxygens (including phenoxy) is 1. The molecule has 26 heavy (non-hydrogen) atoms. The van der Waals surface area contributed by atoms with Gasteiger partial charge in [-0.2, -0.15) is 0 Å². The second kappa shape index (κ2) is 6.97. The molecule has 1 aliphatic rings. The molecule has 1 aliphatic heterocycles. The van der Waals surface area contributed by atoms with Gasteiger partial charge in [0.1, 0.15) is 11.8 Å². The lowest BCUT2D eigenvalue weighted by molar-refractivity contribution is -0.130. The summed E-state index contributed by atoms with van der Waals surface area (Å²) in [6.45, 7) is 0.563. The first kappa shape index (κ1) is 16.3. The van der Waals surface area contributed by atoms with E-state index in [9.17, 15) is 9.59 Å². The Morgan fingerprint density at radius 1 is 1.12 bits per heavy atom. The zero-order chi connectivity index (χ0) is 17.9. The number of amides is 2. The third kappa shape index (κ3) is 3.16. The van der Waals surface area contributed by atoms with Crippen LogP contribution in [0.5, 0.6) is 0 Å². The lowest BCUT2D eigenvalue weighted by atomic mass is 10.1. The van der Waals surface area contributed by atoms with Gasteiger partial charge in [0.15, 0.2) is 5.76 Å². The average Bonchev–Trinajstić information content (AvgIpc) is 3.38. The SMILES string of the molecule is O=C(NNC(=O)C1CCCO1)c1cc(-c2ccco2)nc2ccccc12. The van der Waals surface area contributed by atoms with Crippen molar-refractivity contribution >= 4 is 22.7 Å². The zero-order valence-corrected chi connectivity index (χ0v) is 13.9. The molecule has 0 bridgehead atoms. The molecule has 7 nitrogen and oxygen atoms in total. The molecule has 1 saturated heterocycles. The molecular weight excluding hydrogens is 334 g/mol. The van der Waals surface area contributed by atoms with Crippen LogP contribution < -0.4 is 10.9 Å². The van der Waals surface area contributed by atoms with Crippen molar-refractivity contribution in [2.24, 2.45) is 0 Å². The molecule has 3 heterocycles. The van der Waals surface area contributed by atoms with Crippen molar-refractivity contribution in [1.29, 1.82) is 0 Å². The van der Waals surface area contributed by atoms with E-state index in [4.69, 9.17) is 9.15 Å². The molecule has 1 aromatic carbocycles. The summed E-state index contributed by atoms with van der Waals surface area (Å²) < 4.78 is 10.7. The van der Waals surface area contributed by atoms with E-state index < -0.39 is 12.0 Å². The topological polar surface area (TPSA) is 93.5 Å². The van der Waals surface area contributed by atoms with Crippen molar-refractivity contribution in [3.8, 4) is 11.5 Å². The summed E-state index contributed by atoms with van der Waals surface area (Å²) in [5, 5.41) is 0.687. The van der Waals surface area contributed by atoms with Gasteiger partial charge in [0, 0.05) is 12.0 Å². The van der Waals surface area contributed by atoms with Gasteiger partial charge in [-0.25, -0.2) is 4.98 Å². The molecule has 3 aromatic rings. The zero-order valence-electron chi connectivity index (χ0n) is 13.9. The molecule has 2 N–H and O–H groups in total. The Morgan fingerprint density at radius 3 is 2.77 bits per heavy atom. The number of furan rings is 1. The molecule has 0 spiro atoms. The second-order valence-electron chi connectivity index (χ2n) is 5.99. The Bertz CT molecular complexity index is 947. The fraction of sp³-hybridized carbons (Fsp3) is 0.211. The molecule has 1 atom stereocenters. The summed E-state index contributed by atoms with van der Waals surface area (Å²) in [5.41, 5.74) is 6.51. The van der Waals surface area contributed by atoms with Gasteiger partial charge in [0.05, 0.1) is 17.3 Å². The summed E-state index contributed by atoms with van der Waals surface area (Å²) in [7, 11) is 0. The lowest BCUT2D eigenvalue weighted by Gasteiger charge is -2.13. The first-order chi connectivity index (χ1) is 12.7. The Hall–Kier alpha value is -3.19. The van der Waals surface area contributed by atoms with Gasteiger partial charge >= 0.3 is 0 Å². The minimum absolute atomic E-state index is 0.347. The highest BCUT2D eigenvalue weighted by atomic mass is 16.5. The maximum Gasteiger partial charge on any atom is 0.270 e. The fourth-order valence-corrected chi connectivity index (χ4v) is 2.96. The lowest BCUT2D eigenvalue weighted by Crippen LogP contribution is -2.46. The number of nitrogens with zero attached hydrogens (tertiary/aromatic N) is 1. The van der Waals surface area contributed by atoms with E-state index in [2.05, 4.69) is 15.8 Å². The predicted molar refractivity (Wildman–Crippen MR) is 94.0 cm³/mol. The van der Waals surface area contributed by atoms with Gasteiger partial charge in [0.25, 0.3) is 11.8 Å². The summed E-state index contributed by atoms with van der Waals surface area (Å²) >= 11 is 0. The molecular formula is C19H17N3O4. The largest absolute Gasteiger partial charge is 0.463 e. The number of hydrogen-bond acceptors (Lipinski definition) is 5. The fourth-order valence-electron chi connectivity index (χ4n) is 2.96. The highest BCUT2D eigenvalue weighted by molar-refractivity contribution is 6.07. The minimum atomic E-state index is -0.511. The van der Waals surface area contributed by atoms with Gasteiger partial charge < -0.3 is 9.15 Å². The first-order valence-electron chi connectivity index (χ1n) is 8.38. The highest BCUT2D eigenvalue weighted by Gasteiger charge is 2.24. The second-order valence-corrected chi connectivity index (χ2v) is 5.99. The third-order valence-corrected chi connectivity index (χ3v) is 4.26. The average molecular weight is 351 g/mol. The number of pyridine rings is 1. The predicted octanol–water partition coefficient (Wildman–Crippen LogP) is 2.43. The Balaban J connectivity index is 1.61. The summed E-state index contributed by atoms with van der Waals surface area (Å²) in [4.78, 5) is 29.2. The number of carbonyl (C=O) groups excluding carboxylic acids is 2. The number of nitrogens with one attached hydrogen (secondary N) is 2. The monoisotopic (exact) mass is 351 g/mol. The van der Waals surface area contributed by atoms with Crippen molar-refractivity contribution in [3.05, 3.63) is 54.3 Å². The number of aromatic nitrogens is 1. The van der Waals surface area contributed by atoms with E-state index in [1.165, 1.54) is 0 Å². The smallest absolute Gasteiger partial charge is 0.270 e. The van der Waals surface area contributed by atoms with Crippen LogP contribution in [0.3, 0.4) is 0 Å². The third-order valence-electron chi connectivity index (χ3n) is 4.26. The summed E-state index contributed by atoms with van der Waals surface area (Å²) in [5.74, 6) is -0.212. The van der Waals surface area contributed by atoms with Crippen LogP contribution in [0.15, 0.2) is 53.1 Å². The molecule has 1 unspecified atom stereocenters. The molecule has 0 radical (unpaired) electrons. The van der Waals surface area contributed by atoms with Crippen molar-refractivity contribution in [2.75, 3.05) is 6.61 Å². The normalized spacial score (nSPS) is 16.5. The van der Waals surface area contributed by atoms with E-state index >= 15 is 0 Å². The van der Waals surface area contributed by atoms with Crippen molar-refractivity contribution < 1.29 is 18.7 Å². The van der Waals surface area contributed by atoms with Gasteiger partial charge in [-0.1, -0.05) is 18.2 Å².